The zero-order valence-corrected chi connectivity index (χ0v) is 9.54. The van der Waals surface area contributed by atoms with Crippen LogP contribution in [0, 0.1) is 18.6 Å². The molecule has 1 aromatic carbocycles. The molecule has 0 amide bonds. The van der Waals surface area contributed by atoms with E-state index in [0.29, 0.717) is 11.2 Å². The Morgan fingerprint density at radius 1 is 1.22 bits per heavy atom. The van der Waals surface area contributed by atoms with Crippen LogP contribution < -0.4 is 0 Å². The average Bonchev–Trinajstić information content (AvgIpc) is 2.75. The van der Waals surface area contributed by atoms with E-state index in [1.54, 1.807) is 6.20 Å². The number of nitrogens with one attached hydrogen (secondary N) is 1. The van der Waals surface area contributed by atoms with Crippen molar-refractivity contribution in [2.75, 3.05) is 0 Å². The van der Waals surface area contributed by atoms with Crippen molar-refractivity contribution in [2.24, 2.45) is 0 Å². The molecule has 0 spiro atoms. The largest absolute Gasteiger partial charge is 0.336 e. The first-order chi connectivity index (χ1) is 8.65. The lowest BCUT2D eigenvalue weighted by atomic mass is 10.2. The first kappa shape index (κ1) is 10.8. The van der Waals surface area contributed by atoms with Crippen LogP contribution in [0.5, 0.6) is 0 Å². The molecule has 0 bridgehead atoms. The topological polar surface area (TPSA) is 41.6 Å². The Bertz CT molecular complexity index is 734. The van der Waals surface area contributed by atoms with E-state index in [1.165, 1.54) is 12.1 Å². The number of aromatic nitrogens is 3. The summed E-state index contributed by atoms with van der Waals surface area (Å²) >= 11 is 0. The molecule has 0 unspecified atom stereocenters. The van der Waals surface area contributed by atoms with Gasteiger partial charge in [-0.15, -0.1) is 0 Å². The molecule has 2 heterocycles. The molecule has 0 radical (unpaired) electrons. The number of rotatable bonds is 1. The normalized spacial score (nSPS) is 11.1. The number of hydrogen-bond donors (Lipinski definition) is 1. The van der Waals surface area contributed by atoms with Gasteiger partial charge >= 0.3 is 0 Å². The van der Waals surface area contributed by atoms with Crippen molar-refractivity contribution in [3.63, 3.8) is 0 Å². The number of benzene rings is 1. The number of hydrogen-bond acceptors (Lipinski definition) is 2. The van der Waals surface area contributed by atoms with Crippen LogP contribution in [0.15, 0.2) is 30.5 Å². The molecule has 0 atom stereocenters. The summed E-state index contributed by atoms with van der Waals surface area (Å²) in [4.78, 5) is 11.2. The van der Waals surface area contributed by atoms with Crippen molar-refractivity contribution in [3.8, 4) is 11.4 Å². The summed E-state index contributed by atoms with van der Waals surface area (Å²) in [5, 5.41) is 0. The van der Waals surface area contributed by atoms with E-state index in [-0.39, 0.29) is 11.4 Å². The van der Waals surface area contributed by atoms with Crippen LogP contribution in [-0.2, 0) is 0 Å². The molecule has 1 N–H and O–H groups in total. The maximum absolute atomic E-state index is 13.6. The van der Waals surface area contributed by atoms with Crippen LogP contribution in [0.4, 0.5) is 8.78 Å². The number of pyridine rings is 1. The third kappa shape index (κ3) is 1.64. The third-order valence-electron chi connectivity index (χ3n) is 2.68. The molecule has 0 fully saturated rings. The van der Waals surface area contributed by atoms with E-state index in [4.69, 9.17) is 0 Å². The highest BCUT2D eigenvalue weighted by Gasteiger charge is 2.13. The number of fused-ring (bicyclic) bond motifs is 1. The quantitative estimate of drug-likeness (QED) is 0.715. The monoisotopic (exact) mass is 245 g/mol. The van der Waals surface area contributed by atoms with Crippen LogP contribution in [0.2, 0.25) is 0 Å². The minimum atomic E-state index is -0.909. The summed E-state index contributed by atoms with van der Waals surface area (Å²) in [6.45, 7) is 1.90. The Labute approximate surface area is 102 Å². The van der Waals surface area contributed by atoms with Crippen LogP contribution in [0.1, 0.15) is 5.56 Å². The molecule has 0 saturated carbocycles. The van der Waals surface area contributed by atoms with E-state index < -0.39 is 11.6 Å². The van der Waals surface area contributed by atoms with Crippen LogP contribution in [0.25, 0.3) is 22.6 Å². The van der Waals surface area contributed by atoms with Crippen LogP contribution >= 0.6 is 0 Å². The standard InChI is InChI=1S/C13H9F2N3/c1-7-5-10-13(16-6-7)18-12(17-10)8-3-2-4-9(14)11(8)15/h2-6H,1H3,(H,16,17,18). The SMILES string of the molecule is Cc1cnc2nc(-c3cccc(F)c3F)[nH]c2c1. The Morgan fingerprint density at radius 3 is 2.89 bits per heavy atom. The van der Waals surface area contributed by atoms with Crippen LogP contribution in [0.3, 0.4) is 0 Å². The molecule has 3 aromatic rings. The summed E-state index contributed by atoms with van der Waals surface area (Å²) in [6.07, 6.45) is 1.68. The number of halogens is 2. The molecule has 3 nitrogen and oxygen atoms in total. The zero-order chi connectivity index (χ0) is 12.7. The highest BCUT2D eigenvalue weighted by atomic mass is 19.2. The fourth-order valence-corrected chi connectivity index (χ4v) is 1.82. The van der Waals surface area contributed by atoms with Gasteiger partial charge in [-0.05, 0) is 30.7 Å². The fraction of sp³-hybridized carbons (Fsp3) is 0.0769. The Kier molecular flexibility index (Phi) is 2.33. The molecule has 0 aliphatic carbocycles. The zero-order valence-electron chi connectivity index (χ0n) is 9.54. The number of imidazole rings is 1. The first-order valence-electron chi connectivity index (χ1n) is 5.42. The molecule has 0 aliphatic heterocycles. The third-order valence-corrected chi connectivity index (χ3v) is 2.68. The summed E-state index contributed by atoms with van der Waals surface area (Å²) in [6, 6.07) is 5.85. The van der Waals surface area contributed by atoms with Gasteiger partial charge in [-0.25, -0.2) is 18.7 Å². The lowest BCUT2D eigenvalue weighted by molar-refractivity contribution is 0.510. The van der Waals surface area contributed by atoms with Crippen molar-refractivity contribution in [1.29, 1.82) is 0 Å². The molecule has 0 saturated heterocycles. The van der Waals surface area contributed by atoms with E-state index in [1.807, 2.05) is 13.0 Å². The summed E-state index contributed by atoms with van der Waals surface area (Å²) < 4.78 is 26.8. The minimum Gasteiger partial charge on any atom is -0.336 e. The minimum absolute atomic E-state index is 0.102. The second-order valence-electron chi connectivity index (χ2n) is 4.07. The highest BCUT2D eigenvalue weighted by molar-refractivity contribution is 5.76. The van der Waals surface area contributed by atoms with Crippen LogP contribution in [-0.4, -0.2) is 15.0 Å². The van der Waals surface area contributed by atoms with Crippen molar-refractivity contribution in [2.45, 2.75) is 6.92 Å². The van der Waals surface area contributed by atoms with Gasteiger partial charge in [0.05, 0.1) is 11.1 Å². The van der Waals surface area contributed by atoms with Crippen molar-refractivity contribution < 1.29 is 8.78 Å². The fourth-order valence-electron chi connectivity index (χ4n) is 1.82. The molecule has 18 heavy (non-hydrogen) atoms. The maximum atomic E-state index is 13.6. The number of H-pyrrole nitrogens is 1. The van der Waals surface area contributed by atoms with Gasteiger partial charge in [0.2, 0.25) is 0 Å². The lowest BCUT2D eigenvalue weighted by Gasteiger charge is -1.99. The van der Waals surface area contributed by atoms with Gasteiger partial charge < -0.3 is 4.98 Å². The first-order valence-corrected chi connectivity index (χ1v) is 5.42. The smallest absolute Gasteiger partial charge is 0.178 e. The summed E-state index contributed by atoms with van der Waals surface area (Å²) in [5.41, 5.74) is 2.26. The molecular weight excluding hydrogens is 236 g/mol. The molecule has 0 aliphatic rings. The van der Waals surface area contributed by atoms with Gasteiger partial charge in [0, 0.05) is 6.20 Å². The predicted octanol–water partition coefficient (Wildman–Crippen LogP) is 3.21. The van der Waals surface area contributed by atoms with Gasteiger partial charge in [-0.3, -0.25) is 0 Å². The van der Waals surface area contributed by atoms with E-state index >= 15 is 0 Å². The van der Waals surface area contributed by atoms with E-state index in [9.17, 15) is 8.78 Å². The lowest BCUT2D eigenvalue weighted by Crippen LogP contribution is -1.90. The second-order valence-corrected chi connectivity index (χ2v) is 4.07. The van der Waals surface area contributed by atoms with E-state index in [0.717, 1.165) is 11.6 Å². The number of aromatic amines is 1. The van der Waals surface area contributed by atoms with Gasteiger partial charge in [-0.2, -0.15) is 0 Å². The van der Waals surface area contributed by atoms with Gasteiger partial charge in [-0.1, -0.05) is 6.07 Å². The molecule has 2 aromatic heterocycles. The van der Waals surface area contributed by atoms with Gasteiger partial charge in [0.15, 0.2) is 17.3 Å². The Hall–Kier alpha value is -2.30. The average molecular weight is 245 g/mol. The molecule has 3 rings (SSSR count). The van der Waals surface area contributed by atoms with Crippen molar-refractivity contribution in [3.05, 3.63) is 47.7 Å². The van der Waals surface area contributed by atoms with E-state index in [2.05, 4.69) is 15.0 Å². The highest BCUT2D eigenvalue weighted by Crippen LogP contribution is 2.23. The van der Waals surface area contributed by atoms with Gasteiger partial charge in [0.25, 0.3) is 0 Å². The molecule has 90 valence electrons. The maximum Gasteiger partial charge on any atom is 0.178 e. The number of nitrogens with zero attached hydrogens (tertiary/aromatic N) is 2. The molecular formula is C13H9F2N3. The van der Waals surface area contributed by atoms with Crippen molar-refractivity contribution in [1.82, 2.24) is 15.0 Å². The number of aryl methyl sites for hydroxylation is 1. The summed E-state index contributed by atoms with van der Waals surface area (Å²) in [7, 11) is 0. The second kappa shape index (κ2) is 3.87. The summed E-state index contributed by atoms with van der Waals surface area (Å²) in [5.74, 6) is -1.52. The molecule has 5 heteroatoms. The predicted molar refractivity (Wildman–Crippen MR) is 64.0 cm³/mol. The van der Waals surface area contributed by atoms with Crippen molar-refractivity contribution >= 4 is 11.2 Å². The Morgan fingerprint density at radius 2 is 2.06 bits per heavy atom. The Balaban J connectivity index is 2.22. The van der Waals surface area contributed by atoms with Gasteiger partial charge in [0.1, 0.15) is 5.82 Å².